The van der Waals surface area contributed by atoms with Gasteiger partial charge in [0.05, 0.1) is 23.5 Å². The molecule has 12 heavy (non-hydrogen) atoms. The van der Waals surface area contributed by atoms with E-state index in [2.05, 4.69) is 16.0 Å². The summed E-state index contributed by atoms with van der Waals surface area (Å²) in [6, 6.07) is 7.80. The zero-order chi connectivity index (χ0) is 8.39. The fraction of sp³-hybridized carbons (Fsp3) is 0.111. The van der Waals surface area contributed by atoms with Crippen LogP contribution in [0.2, 0.25) is 0 Å². The van der Waals surface area contributed by atoms with Crippen molar-refractivity contribution in [2.45, 2.75) is 6.42 Å². The van der Waals surface area contributed by atoms with Gasteiger partial charge in [-0.2, -0.15) is 5.26 Å². The van der Waals surface area contributed by atoms with Crippen LogP contribution in [0, 0.1) is 11.3 Å². The molecule has 0 radical (unpaired) electrons. The lowest BCUT2D eigenvalue weighted by molar-refractivity contribution is 1.17. The van der Waals surface area contributed by atoms with Crippen LogP contribution in [-0.4, -0.2) is 9.97 Å². The Balaban J connectivity index is 2.56. The van der Waals surface area contributed by atoms with E-state index in [0.29, 0.717) is 6.42 Å². The molecule has 0 saturated carbocycles. The molecule has 58 valence electrons. The molecule has 0 fully saturated rings. The molecule has 2 aromatic rings. The topological polar surface area (TPSA) is 52.5 Å². The standard InChI is InChI=1S/C9H7N3/c10-4-3-7-6-9-8(12-7)2-1-5-11-9/h1-2,5-6,12H,3H2. The van der Waals surface area contributed by atoms with Gasteiger partial charge in [-0.05, 0) is 18.2 Å². The highest BCUT2D eigenvalue weighted by molar-refractivity contribution is 5.75. The van der Waals surface area contributed by atoms with E-state index in [0.717, 1.165) is 16.7 Å². The Bertz CT molecular complexity index is 403. The lowest BCUT2D eigenvalue weighted by Gasteiger charge is -1.83. The molecule has 0 aliphatic heterocycles. The van der Waals surface area contributed by atoms with Crippen LogP contribution in [0.3, 0.4) is 0 Å². The Morgan fingerprint density at radius 3 is 3.25 bits per heavy atom. The van der Waals surface area contributed by atoms with Crippen molar-refractivity contribution < 1.29 is 0 Å². The van der Waals surface area contributed by atoms with Gasteiger partial charge in [-0.25, -0.2) is 0 Å². The van der Waals surface area contributed by atoms with Crippen LogP contribution in [0.4, 0.5) is 0 Å². The molecule has 1 N–H and O–H groups in total. The smallest absolute Gasteiger partial charge is 0.0882 e. The minimum atomic E-state index is 0.413. The van der Waals surface area contributed by atoms with Crippen molar-refractivity contribution in [3.8, 4) is 6.07 Å². The maximum Gasteiger partial charge on any atom is 0.0882 e. The molecule has 3 heteroatoms. The molecule has 0 aromatic carbocycles. The number of nitrogens with zero attached hydrogens (tertiary/aromatic N) is 2. The van der Waals surface area contributed by atoms with Crippen molar-refractivity contribution in [1.29, 1.82) is 5.26 Å². The third kappa shape index (κ3) is 1.04. The summed E-state index contributed by atoms with van der Waals surface area (Å²) >= 11 is 0. The van der Waals surface area contributed by atoms with E-state index in [1.54, 1.807) is 6.20 Å². The molecule has 0 spiro atoms. The van der Waals surface area contributed by atoms with Crippen molar-refractivity contribution >= 4 is 11.0 Å². The quantitative estimate of drug-likeness (QED) is 0.684. The Morgan fingerprint density at radius 2 is 2.50 bits per heavy atom. The molecule has 0 bridgehead atoms. The highest BCUT2D eigenvalue weighted by atomic mass is 14.8. The lowest BCUT2D eigenvalue weighted by atomic mass is 10.3. The Labute approximate surface area is 69.7 Å². The second-order valence-electron chi connectivity index (χ2n) is 2.57. The van der Waals surface area contributed by atoms with Gasteiger partial charge in [0.15, 0.2) is 0 Å². The third-order valence-corrected chi connectivity index (χ3v) is 1.71. The minimum absolute atomic E-state index is 0.413. The number of aromatic nitrogens is 2. The second-order valence-corrected chi connectivity index (χ2v) is 2.57. The predicted molar refractivity (Wildman–Crippen MR) is 45.4 cm³/mol. The van der Waals surface area contributed by atoms with Gasteiger partial charge in [0.2, 0.25) is 0 Å². The maximum atomic E-state index is 8.45. The largest absolute Gasteiger partial charge is 0.356 e. The van der Waals surface area contributed by atoms with Crippen LogP contribution in [0.25, 0.3) is 11.0 Å². The monoisotopic (exact) mass is 157 g/mol. The maximum absolute atomic E-state index is 8.45. The van der Waals surface area contributed by atoms with E-state index in [-0.39, 0.29) is 0 Å². The first-order valence-corrected chi connectivity index (χ1v) is 3.70. The first-order valence-electron chi connectivity index (χ1n) is 3.70. The van der Waals surface area contributed by atoms with Gasteiger partial charge in [-0.15, -0.1) is 0 Å². The zero-order valence-electron chi connectivity index (χ0n) is 6.41. The summed E-state index contributed by atoms with van der Waals surface area (Å²) in [5.41, 5.74) is 2.83. The third-order valence-electron chi connectivity index (χ3n) is 1.71. The molecule has 0 atom stereocenters. The van der Waals surface area contributed by atoms with Crippen LogP contribution in [0.1, 0.15) is 5.69 Å². The number of pyridine rings is 1. The number of nitrogens with one attached hydrogen (secondary N) is 1. The molecule has 0 amide bonds. The van der Waals surface area contributed by atoms with Crippen molar-refractivity contribution in [2.75, 3.05) is 0 Å². The van der Waals surface area contributed by atoms with Gasteiger partial charge in [-0.1, -0.05) is 0 Å². The van der Waals surface area contributed by atoms with Gasteiger partial charge in [0.25, 0.3) is 0 Å². The molecule has 2 rings (SSSR count). The fourth-order valence-corrected chi connectivity index (χ4v) is 1.19. The van der Waals surface area contributed by atoms with Gasteiger partial charge in [0, 0.05) is 11.9 Å². The number of rotatable bonds is 1. The number of fused-ring (bicyclic) bond motifs is 1. The molecule has 3 nitrogen and oxygen atoms in total. The summed E-state index contributed by atoms with van der Waals surface area (Å²) in [5.74, 6) is 0. The van der Waals surface area contributed by atoms with E-state index >= 15 is 0 Å². The number of hydrogen-bond donors (Lipinski definition) is 1. The SMILES string of the molecule is N#CCc1cc2ncccc2[nH]1. The van der Waals surface area contributed by atoms with E-state index in [1.807, 2.05) is 18.2 Å². The summed E-state index contributed by atoms with van der Waals surface area (Å²) < 4.78 is 0. The van der Waals surface area contributed by atoms with Crippen LogP contribution in [-0.2, 0) is 6.42 Å². The van der Waals surface area contributed by atoms with Crippen molar-refractivity contribution in [3.63, 3.8) is 0 Å². The average Bonchev–Trinajstić information content (AvgIpc) is 2.47. The minimum Gasteiger partial charge on any atom is -0.356 e. The van der Waals surface area contributed by atoms with Crippen LogP contribution >= 0.6 is 0 Å². The summed E-state index contributed by atoms with van der Waals surface area (Å²) in [5, 5.41) is 8.45. The molecular weight excluding hydrogens is 150 g/mol. The molecular formula is C9H7N3. The summed E-state index contributed by atoms with van der Waals surface area (Å²) in [7, 11) is 0. The van der Waals surface area contributed by atoms with Gasteiger partial charge in [0.1, 0.15) is 0 Å². The van der Waals surface area contributed by atoms with E-state index in [4.69, 9.17) is 5.26 Å². The molecule has 0 aliphatic rings. The molecule has 2 aromatic heterocycles. The van der Waals surface area contributed by atoms with Crippen molar-refractivity contribution in [2.24, 2.45) is 0 Å². The molecule has 2 heterocycles. The van der Waals surface area contributed by atoms with Crippen LogP contribution < -0.4 is 0 Å². The van der Waals surface area contributed by atoms with Crippen molar-refractivity contribution in [3.05, 3.63) is 30.1 Å². The Kier molecular flexibility index (Phi) is 1.52. The predicted octanol–water partition coefficient (Wildman–Crippen LogP) is 1.63. The molecule has 0 aliphatic carbocycles. The number of hydrogen-bond acceptors (Lipinski definition) is 2. The fourth-order valence-electron chi connectivity index (χ4n) is 1.19. The Hall–Kier alpha value is -1.82. The highest BCUT2D eigenvalue weighted by Gasteiger charge is 1.98. The summed E-state index contributed by atoms with van der Waals surface area (Å²) in [4.78, 5) is 7.25. The van der Waals surface area contributed by atoms with Gasteiger partial charge >= 0.3 is 0 Å². The Morgan fingerprint density at radius 1 is 1.58 bits per heavy atom. The first kappa shape index (κ1) is 6.86. The second kappa shape index (κ2) is 2.67. The van der Waals surface area contributed by atoms with E-state index < -0.39 is 0 Å². The van der Waals surface area contributed by atoms with Crippen molar-refractivity contribution in [1.82, 2.24) is 9.97 Å². The normalized spacial score (nSPS) is 9.92. The van der Waals surface area contributed by atoms with Crippen LogP contribution in [0.5, 0.6) is 0 Å². The first-order chi connectivity index (χ1) is 5.90. The zero-order valence-corrected chi connectivity index (χ0v) is 6.41. The highest BCUT2D eigenvalue weighted by Crippen LogP contribution is 2.11. The van der Waals surface area contributed by atoms with E-state index in [9.17, 15) is 0 Å². The molecule has 0 unspecified atom stereocenters. The van der Waals surface area contributed by atoms with E-state index in [1.165, 1.54) is 0 Å². The van der Waals surface area contributed by atoms with Crippen LogP contribution in [0.15, 0.2) is 24.4 Å². The van der Waals surface area contributed by atoms with Gasteiger partial charge < -0.3 is 4.98 Å². The lowest BCUT2D eigenvalue weighted by Crippen LogP contribution is -1.77. The molecule has 0 saturated heterocycles. The number of aromatic amines is 1. The summed E-state index contributed by atoms with van der Waals surface area (Å²) in [6.07, 6.45) is 2.16. The average molecular weight is 157 g/mol. The number of H-pyrrole nitrogens is 1. The van der Waals surface area contributed by atoms with Gasteiger partial charge in [-0.3, -0.25) is 4.98 Å². The number of nitriles is 1. The summed E-state index contributed by atoms with van der Waals surface area (Å²) in [6.45, 7) is 0.